The standard InChI is InChI=1S/C10H14N2O4S/c1-3-7(13)16-4-6-8(9(14)15)5(2)11-10(17)12-6/h6,8H,3-4H2,1-2H3,(H,12,17)(H,14,15). The van der Waals surface area contributed by atoms with Crippen molar-refractivity contribution >= 4 is 35.0 Å². The predicted octanol–water partition coefficient (Wildman–Crippen LogP) is 0.358. The molecule has 17 heavy (non-hydrogen) atoms. The van der Waals surface area contributed by atoms with E-state index in [1.807, 2.05) is 0 Å². The summed E-state index contributed by atoms with van der Waals surface area (Å²) in [6.07, 6.45) is 0.252. The summed E-state index contributed by atoms with van der Waals surface area (Å²) < 4.78 is 4.93. The fourth-order valence-corrected chi connectivity index (χ4v) is 1.86. The Morgan fingerprint density at radius 3 is 2.76 bits per heavy atom. The van der Waals surface area contributed by atoms with Crippen LogP contribution in [0.25, 0.3) is 0 Å². The maximum atomic E-state index is 11.1. The smallest absolute Gasteiger partial charge is 0.314 e. The first kappa shape index (κ1) is 13.6. The first-order valence-corrected chi connectivity index (χ1v) is 5.60. The number of aliphatic carboxylic acids is 1. The zero-order valence-corrected chi connectivity index (χ0v) is 10.4. The minimum atomic E-state index is -1.02. The Bertz CT molecular complexity index is 381. The van der Waals surface area contributed by atoms with Gasteiger partial charge in [-0.2, -0.15) is 0 Å². The van der Waals surface area contributed by atoms with Crippen molar-refractivity contribution < 1.29 is 19.4 Å². The van der Waals surface area contributed by atoms with Gasteiger partial charge in [-0.15, -0.1) is 0 Å². The quantitative estimate of drug-likeness (QED) is 0.559. The lowest BCUT2D eigenvalue weighted by Gasteiger charge is -2.28. The van der Waals surface area contributed by atoms with Crippen LogP contribution in [-0.4, -0.2) is 40.5 Å². The summed E-state index contributed by atoms with van der Waals surface area (Å²) in [4.78, 5) is 26.0. The van der Waals surface area contributed by atoms with Crippen molar-refractivity contribution in [2.75, 3.05) is 6.61 Å². The SMILES string of the molecule is CCC(=O)OCC1NC(=S)N=C(C)C1C(=O)O. The molecule has 6 nitrogen and oxygen atoms in total. The summed E-state index contributed by atoms with van der Waals surface area (Å²) in [7, 11) is 0. The van der Waals surface area contributed by atoms with Crippen molar-refractivity contribution in [3.05, 3.63) is 0 Å². The minimum Gasteiger partial charge on any atom is -0.481 e. The van der Waals surface area contributed by atoms with Crippen molar-refractivity contribution in [1.82, 2.24) is 5.32 Å². The molecule has 7 heteroatoms. The fourth-order valence-electron chi connectivity index (χ4n) is 1.57. The summed E-state index contributed by atoms with van der Waals surface area (Å²) in [5.41, 5.74) is 0.416. The van der Waals surface area contributed by atoms with E-state index >= 15 is 0 Å². The van der Waals surface area contributed by atoms with Crippen molar-refractivity contribution in [2.24, 2.45) is 10.9 Å². The van der Waals surface area contributed by atoms with Crippen LogP contribution >= 0.6 is 12.2 Å². The third kappa shape index (κ3) is 3.48. The van der Waals surface area contributed by atoms with Gasteiger partial charge in [0, 0.05) is 12.1 Å². The number of carboxylic acid groups (broad SMARTS) is 1. The summed E-state index contributed by atoms with van der Waals surface area (Å²) in [5.74, 6) is -2.22. The van der Waals surface area contributed by atoms with Crippen LogP contribution in [0.3, 0.4) is 0 Å². The fraction of sp³-hybridized carbons (Fsp3) is 0.600. The molecule has 0 saturated heterocycles. The number of nitrogens with zero attached hydrogens (tertiary/aromatic N) is 1. The van der Waals surface area contributed by atoms with Gasteiger partial charge in [0.15, 0.2) is 5.11 Å². The van der Waals surface area contributed by atoms with Gasteiger partial charge in [0.2, 0.25) is 0 Å². The van der Waals surface area contributed by atoms with Gasteiger partial charge < -0.3 is 15.2 Å². The molecule has 2 N–H and O–H groups in total. The van der Waals surface area contributed by atoms with Gasteiger partial charge in [-0.3, -0.25) is 9.59 Å². The van der Waals surface area contributed by atoms with E-state index in [1.165, 1.54) is 0 Å². The van der Waals surface area contributed by atoms with Gasteiger partial charge in [-0.05, 0) is 19.1 Å². The second-order valence-corrected chi connectivity index (χ2v) is 4.05. The van der Waals surface area contributed by atoms with Crippen molar-refractivity contribution in [3.8, 4) is 0 Å². The molecule has 0 aliphatic carbocycles. The topological polar surface area (TPSA) is 88.0 Å². The van der Waals surface area contributed by atoms with Crippen molar-refractivity contribution in [1.29, 1.82) is 0 Å². The van der Waals surface area contributed by atoms with Crippen LogP contribution in [-0.2, 0) is 14.3 Å². The van der Waals surface area contributed by atoms with Gasteiger partial charge in [0.1, 0.15) is 12.5 Å². The molecule has 2 atom stereocenters. The third-order valence-electron chi connectivity index (χ3n) is 2.42. The second-order valence-electron chi connectivity index (χ2n) is 3.66. The van der Waals surface area contributed by atoms with Crippen LogP contribution in [0, 0.1) is 5.92 Å². The molecule has 1 heterocycles. The molecule has 1 aliphatic rings. The number of nitrogens with one attached hydrogen (secondary N) is 1. The van der Waals surface area contributed by atoms with E-state index in [0.717, 1.165) is 0 Å². The van der Waals surface area contributed by atoms with E-state index in [-0.39, 0.29) is 24.1 Å². The van der Waals surface area contributed by atoms with Crippen molar-refractivity contribution in [3.63, 3.8) is 0 Å². The Hall–Kier alpha value is -1.50. The summed E-state index contributed by atoms with van der Waals surface area (Å²) in [6.45, 7) is 3.24. The molecule has 0 bridgehead atoms. The van der Waals surface area contributed by atoms with Crippen molar-refractivity contribution in [2.45, 2.75) is 26.3 Å². The average molecular weight is 258 g/mol. The number of esters is 1. The van der Waals surface area contributed by atoms with Crippen LogP contribution in [0.15, 0.2) is 4.99 Å². The molecule has 0 aromatic carbocycles. The third-order valence-corrected chi connectivity index (χ3v) is 2.63. The van der Waals surface area contributed by atoms with Gasteiger partial charge in [0.25, 0.3) is 0 Å². The molecule has 0 fully saturated rings. The molecule has 0 radical (unpaired) electrons. The summed E-state index contributed by atoms with van der Waals surface area (Å²) in [5, 5.41) is 12.0. The lowest BCUT2D eigenvalue weighted by molar-refractivity contribution is -0.147. The molecular formula is C10H14N2O4S. The molecule has 1 aliphatic heterocycles. The average Bonchev–Trinajstić information content (AvgIpc) is 2.24. The lowest BCUT2D eigenvalue weighted by atomic mass is 9.94. The van der Waals surface area contributed by atoms with Crippen LogP contribution in [0.5, 0.6) is 0 Å². The molecular weight excluding hydrogens is 244 g/mol. The van der Waals surface area contributed by atoms with E-state index in [9.17, 15) is 9.59 Å². The number of carbonyl (C=O) groups excluding carboxylic acids is 1. The molecule has 0 aromatic heterocycles. The number of hydrogen-bond acceptors (Lipinski definition) is 4. The highest BCUT2D eigenvalue weighted by molar-refractivity contribution is 7.80. The molecule has 94 valence electrons. The highest BCUT2D eigenvalue weighted by Crippen LogP contribution is 2.13. The van der Waals surface area contributed by atoms with Gasteiger partial charge in [-0.1, -0.05) is 6.92 Å². The number of thiocarbonyl (C=S) groups is 1. The number of hydrogen-bond donors (Lipinski definition) is 2. The molecule has 0 aromatic rings. The van der Waals surface area contributed by atoms with E-state index in [1.54, 1.807) is 13.8 Å². The number of carbonyl (C=O) groups is 2. The Morgan fingerprint density at radius 2 is 2.24 bits per heavy atom. The second kappa shape index (κ2) is 5.72. The number of rotatable bonds is 4. The minimum absolute atomic E-state index is 0.0311. The number of ether oxygens (including phenoxy) is 1. The predicted molar refractivity (Wildman–Crippen MR) is 65.0 cm³/mol. The Balaban J connectivity index is 2.75. The number of aliphatic imine (C=N–C) groups is 1. The Morgan fingerprint density at radius 1 is 1.59 bits per heavy atom. The maximum Gasteiger partial charge on any atom is 0.314 e. The zero-order valence-electron chi connectivity index (χ0n) is 9.60. The van der Waals surface area contributed by atoms with Crippen LogP contribution in [0.4, 0.5) is 0 Å². The highest BCUT2D eigenvalue weighted by Gasteiger charge is 2.35. The Labute approximate surface area is 104 Å². The van der Waals surface area contributed by atoms with E-state index in [4.69, 9.17) is 22.1 Å². The molecule has 0 saturated carbocycles. The Kier molecular flexibility index (Phi) is 4.56. The largest absolute Gasteiger partial charge is 0.481 e. The monoisotopic (exact) mass is 258 g/mol. The first-order chi connectivity index (χ1) is 7.95. The maximum absolute atomic E-state index is 11.1. The van der Waals surface area contributed by atoms with Gasteiger partial charge >= 0.3 is 11.9 Å². The van der Waals surface area contributed by atoms with Gasteiger partial charge in [-0.25, -0.2) is 4.99 Å². The van der Waals surface area contributed by atoms with E-state index in [0.29, 0.717) is 5.71 Å². The lowest BCUT2D eigenvalue weighted by Crippen LogP contribution is -2.52. The summed E-state index contributed by atoms with van der Waals surface area (Å²) >= 11 is 4.88. The highest BCUT2D eigenvalue weighted by atomic mass is 32.1. The molecule has 2 unspecified atom stereocenters. The van der Waals surface area contributed by atoms with Gasteiger partial charge in [0.05, 0.1) is 6.04 Å². The zero-order chi connectivity index (χ0) is 13.0. The molecule has 0 amide bonds. The molecule has 1 rings (SSSR count). The first-order valence-electron chi connectivity index (χ1n) is 5.19. The van der Waals surface area contributed by atoms with E-state index in [2.05, 4.69) is 10.3 Å². The normalized spacial score (nSPS) is 23.6. The van der Waals surface area contributed by atoms with E-state index < -0.39 is 17.9 Å². The van der Waals surface area contributed by atoms with Crippen LogP contribution in [0.2, 0.25) is 0 Å². The number of carboxylic acids is 1. The van der Waals surface area contributed by atoms with Crippen LogP contribution in [0.1, 0.15) is 20.3 Å². The summed E-state index contributed by atoms with van der Waals surface area (Å²) in [6, 6.07) is -0.562. The molecule has 0 spiro atoms. The van der Waals surface area contributed by atoms with Crippen LogP contribution < -0.4 is 5.32 Å².